The minimum atomic E-state index is -0.766. The first-order valence-corrected chi connectivity index (χ1v) is 7.08. The van der Waals surface area contributed by atoms with E-state index in [2.05, 4.69) is 26.1 Å². The lowest BCUT2D eigenvalue weighted by atomic mass is 9.78. The molecule has 0 amide bonds. The summed E-state index contributed by atoms with van der Waals surface area (Å²) in [4.78, 5) is 0. The van der Waals surface area contributed by atoms with Crippen molar-refractivity contribution >= 4 is 0 Å². The molecule has 1 N–H and O–H groups in total. The molecule has 1 aromatic carbocycles. The summed E-state index contributed by atoms with van der Waals surface area (Å²) < 4.78 is 26.3. The van der Waals surface area contributed by atoms with Crippen molar-refractivity contribution < 1.29 is 8.78 Å². The summed E-state index contributed by atoms with van der Waals surface area (Å²) >= 11 is 0. The lowest BCUT2D eigenvalue weighted by molar-refractivity contribution is 0.248. The van der Waals surface area contributed by atoms with Gasteiger partial charge in [0.25, 0.3) is 0 Å². The van der Waals surface area contributed by atoms with Gasteiger partial charge in [-0.1, -0.05) is 26.8 Å². The molecule has 0 saturated heterocycles. The first-order valence-electron chi connectivity index (χ1n) is 7.08. The number of nitrogens with one attached hydrogen (secondary N) is 1. The van der Waals surface area contributed by atoms with Crippen molar-refractivity contribution in [3.05, 3.63) is 35.4 Å². The maximum absolute atomic E-state index is 13.3. The van der Waals surface area contributed by atoms with E-state index in [1.54, 1.807) is 6.07 Å². The highest BCUT2D eigenvalue weighted by Gasteiger charge is 2.41. The molecule has 1 atom stereocenters. The van der Waals surface area contributed by atoms with Crippen LogP contribution in [0.5, 0.6) is 0 Å². The molecule has 1 aliphatic carbocycles. The van der Waals surface area contributed by atoms with Gasteiger partial charge in [0.15, 0.2) is 11.6 Å². The topological polar surface area (TPSA) is 12.0 Å². The van der Waals surface area contributed by atoms with Crippen molar-refractivity contribution in [2.24, 2.45) is 11.3 Å². The standard InChI is InChI=1S/C16H23F2N/c1-11(2)19-10-16(3,13-5-6-13)9-12-4-7-14(17)15(18)8-12/h4,7-8,11,13,19H,5-6,9-10H2,1-3H3. The third-order valence-corrected chi connectivity index (χ3v) is 4.07. The van der Waals surface area contributed by atoms with Crippen LogP contribution in [0.15, 0.2) is 18.2 Å². The summed E-state index contributed by atoms with van der Waals surface area (Å²) in [5.41, 5.74) is 1.02. The molecule has 3 heteroatoms. The number of halogens is 2. The molecule has 1 nitrogen and oxygen atoms in total. The van der Waals surface area contributed by atoms with Gasteiger partial charge in [0.05, 0.1) is 0 Å². The van der Waals surface area contributed by atoms with Crippen LogP contribution in [0.25, 0.3) is 0 Å². The minimum Gasteiger partial charge on any atom is -0.314 e. The fourth-order valence-electron chi connectivity index (χ4n) is 2.68. The van der Waals surface area contributed by atoms with Crippen molar-refractivity contribution in [2.75, 3.05) is 6.54 Å². The second-order valence-electron chi connectivity index (χ2n) is 6.39. The molecule has 1 aromatic rings. The Hall–Kier alpha value is -0.960. The molecular weight excluding hydrogens is 244 g/mol. The lowest BCUT2D eigenvalue weighted by Gasteiger charge is -2.31. The normalized spacial score (nSPS) is 18.6. The summed E-state index contributed by atoms with van der Waals surface area (Å²) in [5, 5.41) is 3.49. The molecule has 2 rings (SSSR count). The molecule has 0 heterocycles. The average Bonchev–Trinajstić information content (AvgIpc) is 3.16. The summed E-state index contributed by atoms with van der Waals surface area (Å²) in [6.07, 6.45) is 3.30. The monoisotopic (exact) mass is 267 g/mol. The maximum atomic E-state index is 13.3. The van der Waals surface area contributed by atoms with Gasteiger partial charge in [0.2, 0.25) is 0 Å². The summed E-state index contributed by atoms with van der Waals surface area (Å²) in [7, 11) is 0. The second-order valence-corrected chi connectivity index (χ2v) is 6.39. The van der Waals surface area contributed by atoms with Gasteiger partial charge >= 0.3 is 0 Å². The van der Waals surface area contributed by atoms with Crippen LogP contribution in [-0.2, 0) is 6.42 Å². The number of benzene rings is 1. The average molecular weight is 267 g/mol. The first kappa shape index (κ1) is 14.4. The van der Waals surface area contributed by atoms with Gasteiger partial charge in [0.1, 0.15) is 0 Å². The Balaban J connectivity index is 2.09. The van der Waals surface area contributed by atoms with Crippen molar-refractivity contribution in [3.63, 3.8) is 0 Å². The van der Waals surface area contributed by atoms with Crippen LogP contribution >= 0.6 is 0 Å². The van der Waals surface area contributed by atoms with E-state index in [0.29, 0.717) is 12.0 Å². The van der Waals surface area contributed by atoms with Crippen molar-refractivity contribution in [1.29, 1.82) is 0 Å². The number of hydrogen-bond donors (Lipinski definition) is 1. The first-order chi connectivity index (χ1) is 8.90. The van der Waals surface area contributed by atoms with E-state index in [0.717, 1.165) is 18.5 Å². The Morgan fingerprint density at radius 3 is 2.47 bits per heavy atom. The van der Waals surface area contributed by atoms with Crippen LogP contribution in [0.3, 0.4) is 0 Å². The highest BCUT2D eigenvalue weighted by Crippen LogP contribution is 2.47. The SMILES string of the molecule is CC(C)NCC(C)(Cc1ccc(F)c(F)c1)C1CC1. The largest absolute Gasteiger partial charge is 0.314 e. The third kappa shape index (κ3) is 3.75. The quantitative estimate of drug-likeness (QED) is 0.823. The Morgan fingerprint density at radius 1 is 1.26 bits per heavy atom. The summed E-state index contributed by atoms with van der Waals surface area (Å²) in [6.45, 7) is 7.44. The fraction of sp³-hybridized carbons (Fsp3) is 0.625. The summed E-state index contributed by atoms with van der Waals surface area (Å²) in [5.74, 6) is -0.809. The highest BCUT2D eigenvalue weighted by atomic mass is 19.2. The van der Waals surface area contributed by atoms with E-state index >= 15 is 0 Å². The van der Waals surface area contributed by atoms with Gasteiger partial charge in [-0.3, -0.25) is 0 Å². The molecule has 0 aliphatic heterocycles. The zero-order chi connectivity index (χ0) is 14.0. The molecule has 0 bridgehead atoms. The molecule has 1 saturated carbocycles. The molecule has 106 valence electrons. The van der Waals surface area contributed by atoms with Crippen LogP contribution in [0, 0.1) is 23.0 Å². The second kappa shape index (κ2) is 5.58. The van der Waals surface area contributed by atoms with E-state index < -0.39 is 11.6 Å². The third-order valence-electron chi connectivity index (χ3n) is 4.07. The highest BCUT2D eigenvalue weighted by molar-refractivity contribution is 5.20. The minimum absolute atomic E-state index is 0.133. The summed E-state index contributed by atoms with van der Waals surface area (Å²) in [6, 6.07) is 4.72. The molecule has 0 radical (unpaired) electrons. The van der Waals surface area contributed by atoms with Crippen molar-refractivity contribution in [1.82, 2.24) is 5.32 Å². The van der Waals surface area contributed by atoms with Crippen LogP contribution in [-0.4, -0.2) is 12.6 Å². The van der Waals surface area contributed by atoms with E-state index in [-0.39, 0.29) is 5.41 Å². The van der Waals surface area contributed by atoms with Crippen molar-refractivity contribution in [2.45, 2.75) is 46.1 Å². The molecule has 1 aliphatic rings. The molecule has 1 unspecified atom stereocenters. The smallest absolute Gasteiger partial charge is 0.159 e. The van der Waals surface area contributed by atoms with Gasteiger partial charge in [0, 0.05) is 12.6 Å². The fourth-order valence-corrected chi connectivity index (χ4v) is 2.68. The lowest BCUT2D eigenvalue weighted by Crippen LogP contribution is -2.38. The number of hydrogen-bond acceptors (Lipinski definition) is 1. The van der Waals surface area contributed by atoms with Crippen LogP contribution < -0.4 is 5.32 Å². The number of rotatable bonds is 6. The predicted molar refractivity (Wildman–Crippen MR) is 74.0 cm³/mol. The van der Waals surface area contributed by atoms with Gasteiger partial charge in [-0.05, 0) is 48.3 Å². The van der Waals surface area contributed by atoms with Crippen molar-refractivity contribution in [3.8, 4) is 0 Å². The molecule has 0 spiro atoms. The zero-order valence-corrected chi connectivity index (χ0v) is 12.0. The van der Waals surface area contributed by atoms with Gasteiger partial charge in [-0.25, -0.2) is 8.78 Å². The molecular formula is C16H23F2N. The molecule has 0 aromatic heterocycles. The maximum Gasteiger partial charge on any atom is 0.159 e. The van der Waals surface area contributed by atoms with Crippen LogP contribution in [0.4, 0.5) is 8.78 Å². The van der Waals surface area contributed by atoms with Gasteiger partial charge in [-0.15, -0.1) is 0 Å². The van der Waals surface area contributed by atoms with Gasteiger partial charge < -0.3 is 5.32 Å². The van der Waals surface area contributed by atoms with E-state index in [1.165, 1.54) is 25.0 Å². The van der Waals surface area contributed by atoms with Gasteiger partial charge in [-0.2, -0.15) is 0 Å². The molecule has 19 heavy (non-hydrogen) atoms. The van der Waals surface area contributed by atoms with Crippen LogP contribution in [0.2, 0.25) is 0 Å². The Bertz CT molecular complexity index is 440. The Morgan fingerprint density at radius 2 is 1.95 bits per heavy atom. The zero-order valence-electron chi connectivity index (χ0n) is 12.0. The Labute approximate surface area is 114 Å². The van der Waals surface area contributed by atoms with Crippen LogP contribution in [0.1, 0.15) is 39.2 Å². The van der Waals surface area contributed by atoms with E-state index in [1.807, 2.05) is 0 Å². The predicted octanol–water partition coefficient (Wildman–Crippen LogP) is 3.92. The molecule has 1 fully saturated rings. The Kier molecular flexibility index (Phi) is 4.24. The van der Waals surface area contributed by atoms with E-state index in [4.69, 9.17) is 0 Å². The van der Waals surface area contributed by atoms with E-state index in [9.17, 15) is 8.78 Å².